The molecule has 0 bridgehead atoms. The molecule has 1 saturated heterocycles. The maximum Gasteiger partial charge on any atom is 0.273 e. The Morgan fingerprint density at radius 3 is 2.88 bits per heavy atom. The minimum Gasteiger partial charge on any atom is -0.332 e. The highest BCUT2D eigenvalue weighted by atomic mass is 16.2. The van der Waals surface area contributed by atoms with Crippen molar-refractivity contribution in [1.82, 2.24) is 24.6 Å². The minimum atomic E-state index is 0.0697. The highest BCUT2D eigenvalue weighted by Gasteiger charge is 2.35. The van der Waals surface area contributed by atoms with Crippen LogP contribution >= 0.6 is 0 Å². The number of amides is 1. The van der Waals surface area contributed by atoms with E-state index in [2.05, 4.69) is 22.2 Å². The predicted octanol–water partition coefficient (Wildman–Crippen LogP) is 3.01. The number of fused-ring (bicyclic) bond motifs is 1. The van der Waals surface area contributed by atoms with Crippen molar-refractivity contribution >= 4 is 16.8 Å². The summed E-state index contributed by atoms with van der Waals surface area (Å²) in [5.41, 5.74) is 2.67. The number of benzene rings is 1. The summed E-state index contributed by atoms with van der Waals surface area (Å²) >= 11 is 0. The zero-order valence-electron chi connectivity index (χ0n) is 14.6. The van der Waals surface area contributed by atoms with Crippen LogP contribution in [0.25, 0.3) is 10.9 Å². The number of carbonyl (C=O) groups excluding carboxylic acids is 1. The van der Waals surface area contributed by atoms with Gasteiger partial charge >= 0.3 is 0 Å². The molecule has 5 rings (SSSR count). The van der Waals surface area contributed by atoms with Crippen LogP contribution in [0.5, 0.6) is 0 Å². The minimum absolute atomic E-state index is 0.0697. The molecule has 3 aromatic rings. The molecule has 1 amide bonds. The number of pyridine rings is 1. The third kappa shape index (κ3) is 2.75. The fraction of sp³-hybridized carbons (Fsp3) is 0.400. The van der Waals surface area contributed by atoms with Gasteiger partial charge in [-0.25, -0.2) is 9.97 Å². The van der Waals surface area contributed by atoms with Crippen LogP contribution in [0.3, 0.4) is 0 Å². The Kier molecular flexibility index (Phi) is 3.69. The summed E-state index contributed by atoms with van der Waals surface area (Å²) in [5, 5.41) is 5.31. The molecule has 2 aromatic heterocycles. The molecule has 6 heteroatoms. The van der Waals surface area contributed by atoms with Gasteiger partial charge in [-0.15, -0.1) is 0 Å². The first-order valence-electron chi connectivity index (χ1n) is 9.32. The van der Waals surface area contributed by atoms with Crippen molar-refractivity contribution in [3.63, 3.8) is 0 Å². The zero-order chi connectivity index (χ0) is 17.5. The average Bonchev–Trinajstić information content (AvgIpc) is 3.19. The second kappa shape index (κ2) is 6.20. The summed E-state index contributed by atoms with van der Waals surface area (Å²) in [6.45, 7) is 1.48. The van der Waals surface area contributed by atoms with E-state index < -0.39 is 0 Å². The Bertz CT molecular complexity index is 948. The fourth-order valence-electron chi connectivity index (χ4n) is 3.98. The molecule has 1 atom stereocenters. The number of likely N-dealkylation sites (tertiary alicyclic amines) is 1. The van der Waals surface area contributed by atoms with Gasteiger partial charge in [-0.2, -0.15) is 5.10 Å². The quantitative estimate of drug-likeness (QED) is 0.728. The highest BCUT2D eigenvalue weighted by Crippen LogP contribution is 2.42. The van der Waals surface area contributed by atoms with Crippen molar-refractivity contribution in [2.24, 2.45) is 0 Å². The van der Waals surface area contributed by atoms with Crippen LogP contribution in [0.2, 0.25) is 0 Å². The van der Waals surface area contributed by atoms with E-state index >= 15 is 0 Å². The van der Waals surface area contributed by atoms with E-state index in [-0.39, 0.29) is 11.9 Å². The average molecular weight is 347 g/mol. The topological polar surface area (TPSA) is 63.9 Å². The maximum atomic E-state index is 13.4. The summed E-state index contributed by atoms with van der Waals surface area (Å²) in [5.74, 6) is 0.558. The zero-order valence-corrected chi connectivity index (χ0v) is 14.6. The third-order valence-electron chi connectivity index (χ3n) is 5.48. The Morgan fingerprint density at radius 1 is 1.19 bits per heavy atom. The molecule has 3 heterocycles. The lowest BCUT2D eigenvalue weighted by molar-refractivity contribution is 0.0714. The number of carbonyl (C=O) groups is 1. The van der Waals surface area contributed by atoms with Crippen LogP contribution < -0.4 is 0 Å². The van der Waals surface area contributed by atoms with Crippen LogP contribution in [-0.4, -0.2) is 43.1 Å². The number of nitrogens with zero attached hydrogens (tertiary/aromatic N) is 5. The number of aromatic nitrogens is 4. The van der Waals surface area contributed by atoms with Crippen molar-refractivity contribution in [2.75, 3.05) is 6.54 Å². The van der Waals surface area contributed by atoms with Crippen LogP contribution in [0.1, 0.15) is 47.7 Å². The highest BCUT2D eigenvalue weighted by molar-refractivity contribution is 5.97. The summed E-state index contributed by atoms with van der Waals surface area (Å²) in [4.78, 5) is 24.2. The molecule has 132 valence electrons. The first-order chi connectivity index (χ1) is 12.8. The molecule has 0 spiro atoms. The second-order valence-corrected chi connectivity index (χ2v) is 7.31. The Balaban J connectivity index is 1.50. The summed E-state index contributed by atoms with van der Waals surface area (Å²) in [6, 6.07) is 10.4. The van der Waals surface area contributed by atoms with E-state index in [0.717, 1.165) is 48.7 Å². The molecule has 2 fully saturated rings. The Hall–Kier alpha value is -2.76. The number of para-hydroxylation sites is 1. The van der Waals surface area contributed by atoms with E-state index in [0.29, 0.717) is 18.2 Å². The molecule has 6 nitrogen and oxygen atoms in total. The van der Waals surface area contributed by atoms with Gasteiger partial charge in [-0.3, -0.25) is 9.48 Å². The monoisotopic (exact) mass is 347 g/mol. The largest absolute Gasteiger partial charge is 0.332 e. The molecule has 1 unspecified atom stereocenters. The Labute approximate surface area is 151 Å². The van der Waals surface area contributed by atoms with E-state index in [1.165, 1.54) is 6.33 Å². The van der Waals surface area contributed by atoms with E-state index in [1.807, 2.05) is 27.8 Å². The molecule has 2 aliphatic rings. The van der Waals surface area contributed by atoms with Crippen LogP contribution in [0, 0.1) is 0 Å². The summed E-state index contributed by atoms with van der Waals surface area (Å²) in [7, 11) is 0. The van der Waals surface area contributed by atoms with Gasteiger partial charge in [0.2, 0.25) is 0 Å². The van der Waals surface area contributed by atoms with Crippen molar-refractivity contribution in [2.45, 2.75) is 44.2 Å². The van der Waals surface area contributed by atoms with Crippen molar-refractivity contribution in [3.8, 4) is 0 Å². The van der Waals surface area contributed by atoms with E-state index in [1.54, 1.807) is 6.33 Å². The van der Waals surface area contributed by atoms with Crippen LogP contribution in [-0.2, 0) is 6.54 Å². The van der Waals surface area contributed by atoms with Gasteiger partial charge in [0.15, 0.2) is 0 Å². The van der Waals surface area contributed by atoms with E-state index in [9.17, 15) is 4.79 Å². The molecule has 0 radical (unpaired) electrons. The summed E-state index contributed by atoms with van der Waals surface area (Å²) < 4.78 is 1.81. The van der Waals surface area contributed by atoms with Gasteiger partial charge in [-0.05, 0) is 49.3 Å². The second-order valence-electron chi connectivity index (χ2n) is 7.31. The molecule has 26 heavy (non-hydrogen) atoms. The molecule has 1 aliphatic carbocycles. The SMILES string of the molecule is O=C(c1nc2ccccc2cc1C1CC1)N1CCCC1Cn1cncn1. The molecule has 1 aromatic carbocycles. The Morgan fingerprint density at radius 2 is 2.08 bits per heavy atom. The predicted molar refractivity (Wildman–Crippen MR) is 97.8 cm³/mol. The van der Waals surface area contributed by atoms with Gasteiger partial charge in [0.05, 0.1) is 18.1 Å². The standard InChI is InChI=1S/C20H21N5O/c26-20(25-9-3-5-16(25)11-24-13-21-12-22-24)19-17(14-7-8-14)10-15-4-1-2-6-18(15)23-19/h1-2,4,6,10,12-14,16H,3,5,7-9,11H2. The number of rotatable bonds is 4. The molecule has 0 N–H and O–H groups in total. The fourth-order valence-corrected chi connectivity index (χ4v) is 3.98. The first kappa shape index (κ1) is 15.5. The first-order valence-corrected chi connectivity index (χ1v) is 9.32. The van der Waals surface area contributed by atoms with Crippen molar-refractivity contribution in [1.29, 1.82) is 0 Å². The number of hydrogen-bond donors (Lipinski definition) is 0. The molecule has 1 saturated carbocycles. The maximum absolute atomic E-state index is 13.4. The third-order valence-corrected chi connectivity index (χ3v) is 5.48. The smallest absolute Gasteiger partial charge is 0.273 e. The molecule has 1 aliphatic heterocycles. The van der Waals surface area contributed by atoms with Gasteiger partial charge in [-0.1, -0.05) is 18.2 Å². The van der Waals surface area contributed by atoms with Crippen LogP contribution in [0.4, 0.5) is 0 Å². The van der Waals surface area contributed by atoms with Crippen LogP contribution in [0.15, 0.2) is 43.0 Å². The summed E-state index contributed by atoms with van der Waals surface area (Å²) in [6.07, 6.45) is 7.59. The lowest BCUT2D eigenvalue weighted by Gasteiger charge is -2.25. The van der Waals surface area contributed by atoms with E-state index in [4.69, 9.17) is 4.98 Å². The lowest BCUT2D eigenvalue weighted by Crippen LogP contribution is -2.39. The van der Waals surface area contributed by atoms with Gasteiger partial charge in [0, 0.05) is 11.9 Å². The normalized spacial score (nSPS) is 20.0. The van der Waals surface area contributed by atoms with Gasteiger partial charge in [0.1, 0.15) is 18.3 Å². The van der Waals surface area contributed by atoms with Crippen molar-refractivity contribution < 1.29 is 4.79 Å². The van der Waals surface area contributed by atoms with Gasteiger partial charge in [0.25, 0.3) is 5.91 Å². The van der Waals surface area contributed by atoms with Gasteiger partial charge < -0.3 is 4.90 Å². The lowest BCUT2D eigenvalue weighted by atomic mass is 10.0. The van der Waals surface area contributed by atoms with Crippen molar-refractivity contribution in [3.05, 3.63) is 54.2 Å². The molecular formula is C20H21N5O. The molecular weight excluding hydrogens is 326 g/mol. The number of hydrogen-bond acceptors (Lipinski definition) is 4.